The number of thiophene rings is 1. The second-order valence-corrected chi connectivity index (χ2v) is 12.3. The third-order valence-electron chi connectivity index (χ3n) is 8.15. The lowest BCUT2D eigenvalue weighted by molar-refractivity contribution is -0.137. The zero-order valence-electron chi connectivity index (χ0n) is 22.7. The van der Waals surface area contributed by atoms with Crippen molar-refractivity contribution < 1.29 is 27.8 Å². The fourth-order valence-corrected chi connectivity index (χ4v) is 7.47. The number of nitrogens with two attached hydrogens (primary N) is 1. The summed E-state index contributed by atoms with van der Waals surface area (Å²) < 4.78 is 51.7. The van der Waals surface area contributed by atoms with Gasteiger partial charge in [-0.3, -0.25) is 9.69 Å². The SMILES string of the molecule is N#Cc1c(N)sc2c(F)ccc(-c3c(Cl)cc4c(NCCCC(=O)O)nc(OC[C@@]56CCCN5C[C@H](F)C6)nc4c3F)c12. The molecule has 2 aliphatic rings. The normalized spacial score (nSPS) is 20.0. The maximum Gasteiger partial charge on any atom is 0.319 e. The van der Waals surface area contributed by atoms with Crippen molar-refractivity contribution in [1.29, 1.82) is 5.26 Å². The molecule has 9 nitrogen and oxygen atoms in total. The fraction of sp³-hybridized carbons (Fsp3) is 0.379. The Hall–Kier alpha value is -3.86. The number of aromatic nitrogens is 2. The van der Waals surface area contributed by atoms with E-state index in [1.54, 1.807) is 0 Å². The summed E-state index contributed by atoms with van der Waals surface area (Å²) in [4.78, 5) is 21.9. The molecule has 2 fully saturated rings. The summed E-state index contributed by atoms with van der Waals surface area (Å²) in [6.45, 7) is 1.41. The van der Waals surface area contributed by atoms with Crippen molar-refractivity contribution in [3.8, 4) is 23.2 Å². The number of carboxylic acid groups (broad SMARTS) is 1. The molecule has 2 aliphatic heterocycles. The summed E-state index contributed by atoms with van der Waals surface area (Å²) in [5.74, 6) is -2.25. The molecule has 2 atom stereocenters. The van der Waals surface area contributed by atoms with Crippen LogP contribution in [-0.2, 0) is 4.79 Å². The van der Waals surface area contributed by atoms with Crippen molar-refractivity contribution in [1.82, 2.24) is 14.9 Å². The highest BCUT2D eigenvalue weighted by atomic mass is 35.5. The van der Waals surface area contributed by atoms with Crippen LogP contribution in [0.5, 0.6) is 6.01 Å². The topological polar surface area (TPSA) is 137 Å². The maximum absolute atomic E-state index is 16.5. The predicted molar refractivity (Wildman–Crippen MR) is 158 cm³/mol. The van der Waals surface area contributed by atoms with E-state index in [0.717, 1.165) is 36.8 Å². The third-order valence-corrected chi connectivity index (χ3v) is 9.48. The van der Waals surface area contributed by atoms with Gasteiger partial charge in [0, 0.05) is 42.3 Å². The first-order chi connectivity index (χ1) is 20.6. The van der Waals surface area contributed by atoms with Crippen LogP contribution in [0.25, 0.3) is 32.1 Å². The van der Waals surface area contributed by atoms with Crippen molar-refractivity contribution in [2.75, 3.05) is 37.3 Å². The molecule has 0 spiro atoms. The Morgan fingerprint density at radius 3 is 2.95 bits per heavy atom. The van der Waals surface area contributed by atoms with E-state index in [2.05, 4.69) is 20.2 Å². The number of benzene rings is 2. The maximum atomic E-state index is 16.5. The van der Waals surface area contributed by atoms with Crippen molar-refractivity contribution in [3.63, 3.8) is 0 Å². The first kappa shape index (κ1) is 29.2. The minimum Gasteiger partial charge on any atom is -0.481 e. The molecule has 2 saturated heterocycles. The molecule has 4 heterocycles. The van der Waals surface area contributed by atoms with Gasteiger partial charge in [-0.05, 0) is 43.5 Å². The van der Waals surface area contributed by atoms with E-state index in [1.165, 1.54) is 12.1 Å². The Labute approximate surface area is 253 Å². The van der Waals surface area contributed by atoms with E-state index in [4.69, 9.17) is 27.2 Å². The summed E-state index contributed by atoms with van der Waals surface area (Å²) in [7, 11) is 0. The number of aliphatic carboxylic acids is 1. The van der Waals surface area contributed by atoms with E-state index >= 15 is 4.39 Å². The fourth-order valence-electron chi connectivity index (χ4n) is 6.22. The quantitative estimate of drug-likeness (QED) is 0.187. The van der Waals surface area contributed by atoms with Crippen LogP contribution in [0.1, 0.15) is 37.7 Å². The van der Waals surface area contributed by atoms with Gasteiger partial charge >= 0.3 is 12.0 Å². The molecular weight excluding hydrogens is 605 g/mol. The smallest absolute Gasteiger partial charge is 0.319 e. The lowest BCUT2D eigenvalue weighted by Crippen LogP contribution is -2.43. The highest BCUT2D eigenvalue weighted by Gasteiger charge is 2.49. The Morgan fingerprint density at radius 2 is 2.19 bits per heavy atom. The van der Waals surface area contributed by atoms with Gasteiger partial charge in [-0.2, -0.15) is 15.2 Å². The van der Waals surface area contributed by atoms with Gasteiger partial charge in [-0.15, -0.1) is 11.3 Å². The molecule has 43 heavy (non-hydrogen) atoms. The van der Waals surface area contributed by atoms with Gasteiger partial charge in [-0.25, -0.2) is 13.2 Å². The van der Waals surface area contributed by atoms with E-state index in [9.17, 15) is 18.8 Å². The zero-order chi connectivity index (χ0) is 30.5. The number of halogens is 4. The molecule has 4 N–H and O–H groups in total. The van der Waals surface area contributed by atoms with Crippen LogP contribution in [0.3, 0.4) is 0 Å². The molecule has 4 aromatic rings. The molecule has 14 heteroatoms. The number of nitrogens with one attached hydrogen (secondary N) is 1. The van der Waals surface area contributed by atoms with Gasteiger partial charge in [0.15, 0.2) is 5.82 Å². The first-order valence-electron chi connectivity index (χ1n) is 13.7. The van der Waals surface area contributed by atoms with E-state index in [1.807, 2.05) is 6.07 Å². The minimum atomic E-state index is -0.966. The Bertz CT molecular complexity index is 1810. The minimum absolute atomic E-state index is 0.0145. The van der Waals surface area contributed by atoms with E-state index in [0.29, 0.717) is 13.0 Å². The van der Waals surface area contributed by atoms with Gasteiger partial charge < -0.3 is 20.9 Å². The molecule has 2 aromatic carbocycles. The van der Waals surface area contributed by atoms with E-state index < -0.39 is 29.3 Å². The van der Waals surface area contributed by atoms with Crippen molar-refractivity contribution in [2.24, 2.45) is 0 Å². The average Bonchev–Trinajstić information content (AvgIpc) is 3.60. The highest BCUT2D eigenvalue weighted by Crippen LogP contribution is 2.46. The molecular formula is C29H26ClF3N6O3S. The number of carbonyl (C=O) groups is 1. The number of alkyl halides is 1. The Kier molecular flexibility index (Phi) is 7.70. The van der Waals surface area contributed by atoms with Gasteiger partial charge in [0.05, 0.1) is 20.8 Å². The summed E-state index contributed by atoms with van der Waals surface area (Å²) in [6, 6.07) is 5.78. The molecule has 0 unspecified atom stereocenters. The van der Waals surface area contributed by atoms with Crippen LogP contribution in [0.15, 0.2) is 18.2 Å². The number of rotatable bonds is 9. The standard InChI is InChI=1S/C29H26ClF3N6O3S/c30-18-9-16-24(23(33)22(18)15-4-5-19(32)25-21(15)17(11-34)26(35)43-25)37-28(38-27(16)36-7-1-3-20(40)41)42-13-29-6-2-8-39(29)12-14(31)10-29/h4-5,9,14H,1-3,6-8,10,12-13,35H2,(H,40,41)(H,36,37,38)/t14-,29+/m1/s1. The van der Waals surface area contributed by atoms with Crippen LogP contribution >= 0.6 is 22.9 Å². The molecule has 0 saturated carbocycles. The van der Waals surface area contributed by atoms with Crippen LogP contribution in [0.4, 0.5) is 24.0 Å². The first-order valence-corrected chi connectivity index (χ1v) is 14.9. The number of hydrogen-bond acceptors (Lipinski definition) is 9. The molecule has 0 bridgehead atoms. The van der Waals surface area contributed by atoms with Gasteiger partial charge in [0.25, 0.3) is 0 Å². The van der Waals surface area contributed by atoms with Gasteiger partial charge in [-0.1, -0.05) is 17.7 Å². The average molecular weight is 631 g/mol. The number of hydrogen-bond donors (Lipinski definition) is 3. The molecule has 0 aliphatic carbocycles. The molecule has 2 aromatic heterocycles. The monoisotopic (exact) mass is 630 g/mol. The molecule has 224 valence electrons. The number of anilines is 2. The summed E-state index contributed by atoms with van der Waals surface area (Å²) in [5, 5.41) is 22.2. The van der Waals surface area contributed by atoms with Crippen LogP contribution < -0.4 is 15.8 Å². The number of nitriles is 1. The van der Waals surface area contributed by atoms with E-state index in [-0.39, 0.29) is 85.5 Å². The number of nitrogens with zero attached hydrogens (tertiary/aromatic N) is 4. The second kappa shape index (κ2) is 11.3. The van der Waals surface area contributed by atoms with Gasteiger partial charge in [0.2, 0.25) is 0 Å². The number of nitrogen functional groups attached to an aromatic ring is 1. The van der Waals surface area contributed by atoms with Crippen molar-refractivity contribution in [2.45, 2.75) is 43.8 Å². The zero-order valence-corrected chi connectivity index (χ0v) is 24.3. The number of fused-ring (bicyclic) bond motifs is 3. The largest absolute Gasteiger partial charge is 0.481 e. The third kappa shape index (κ3) is 5.17. The Morgan fingerprint density at radius 1 is 1.37 bits per heavy atom. The Balaban J connectivity index is 1.46. The van der Waals surface area contributed by atoms with Crippen molar-refractivity contribution in [3.05, 3.63) is 40.4 Å². The summed E-state index contributed by atoms with van der Waals surface area (Å²) >= 11 is 7.53. The predicted octanol–water partition coefficient (Wildman–Crippen LogP) is 6.13. The van der Waals surface area contributed by atoms with Crippen LogP contribution in [0.2, 0.25) is 5.02 Å². The lowest BCUT2D eigenvalue weighted by Gasteiger charge is -2.30. The van der Waals surface area contributed by atoms with Crippen LogP contribution in [0, 0.1) is 23.0 Å². The summed E-state index contributed by atoms with van der Waals surface area (Å²) in [5.41, 5.74) is 5.41. The number of ether oxygens (including phenoxy) is 1. The second-order valence-electron chi connectivity index (χ2n) is 10.8. The molecule has 0 radical (unpaired) electrons. The van der Waals surface area contributed by atoms with Crippen LogP contribution in [-0.4, -0.2) is 63.9 Å². The molecule has 6 rings (SSSR count). The highest BCUT2D eigenvalue weighted by molar-refractivity contribution is 7.23. The van der Waals surface area contributed by atoms with Gasteiger partial charge in [0.1, 0.15) is 41.0 Å². The number of carboxylic acids is 1. The lowest BCUT2D eigenvalue weighted by atomic mass is 9.95. The van der Waals surface area contributed by atoms with Crippen molar-refractivity contribution >= 4 is 60.7 Å². The summed E-state index contributed by atoms with van der Waals surface area (Å²) in [6.07, 6.45) is 1.19. The molecule has 0 amide bonds.